The number of carbonyl (C=O) groups is 1. The summed E-state index contributed by atoms with van der Waals surface area (Å²) in [5, 5.41) is 8.34. The van der Waals surface area contributed by atoms with Crippen LogP contribution >= 0.6 is 11.8 Å². The minimum absolute atomic E-state index is 0.0417. The van der Waals surface area contributed by atoms with Gasteiger partial charge in [-0.3, -0.25) is 4.79 Å². The van der Waals surface area contributed by atoms with Gasteiger partial charge in [-0.15, -0.1) is 16.8 Å². The summed E-state index contributed by atoms with van der Waals surface area (Å²) >= 11 is 1.11. The highest BCUT2D eigenvalue weighted by Crippen LogP contribution is 2.21. The zero-order valence-corrected chi connectivity index (χ0v) is 14.8. The maximum atomic E-state index is 12.6. The molecule has 1 amide bonds. The molecule has 0 aliphatic rings. The second kappa shape index (κ2) is 7.63. The lowest BCUT2D eigenvalue weighted by Crippen LogP contribution is -2.14. The first kappa shape index (κ1) is 18.2. The lowest BCUT2D eigenvalue weighted by molar-refractivity contribution is -0.115. The van der Waals surface area contributed by atoms with E-state index in [1.165, 1.54) is 0 Å². The first-order valence-electron chi connectivity index (χ1n) is 7.07. The van der Waals surface area contributed by atoms with Crippen LogP contribution in [0.1, 0.15) is 11.4 Å². The number of primary amides is 1. The Morgan fingerprint density at radius 2 is 2.00 bits per heavy atom. The van der Waals surface area contributed by atoms with E-state index in [9.17, 15) is 13.2 Å². The van der Waals surface area contributed by atoms with Gasteiger partial charge in [0, 0.05) is 6.54 Å². The van der Waals surface area contributed by atoms with Crippen molar-refractivity contribution in [3.8, 4) is 0 Å². The maximum Gasteiger partial charge on any atom is 0.227 e. The lowest BCUT2D eigenvalue weighted by Gasteiger charge is -2.08. The molecule has 2 rings (SSSR count). The molecule has 0 aliphatic heterocycles. The minimum atomic E-state index is -3.55. The zero-order valence-electron chi connectivity index (χ0n) is 13.2. The number of thioether (sulfide) groups is 1. The SMILES string of the molecule is C=CCn1c(CS(=O)(=O)c2ccc(C)cc2)nnc1SCC(N)=O. The van der Waals surface area contributed by atoms with Gasteiger partial charge < -0.3 is 10.3 Å². The van der Waals surface area contributed by atoms with Crippen molar-refractivity contribution in [1.29, 1.82) is 0 Å². The van der Waals surface area contributed by atoms with Gasteiger partial charge in [-0.1, -0.05) is 35.5 Å². The Morgan fingerprint density at radius 3 is 2.58 bits per heavy atom. The van der Waals surface area contributed by atoms with Gasteiger partial charge in [0.15, 0.2) is 15.0 Å². The molecule has 1 aromatic carbocycles. The number of nitrogens with two attached hydrogens (primary N) is 1. The van der Waals surface area contributed by atoms with Crippen LogP contribution < -0.4 is 5.73 Å². The van der Waals surface area contributed by atoms with Crippen molar-refractivity contribution < 1.29 is 13.2 Å². The third-order valence-corrected chi connectivity index (χ3v) is 5.77. The molecular weight excluding hydrogens is 348 g/mol. The standard InChI is InChI=1S/C15H18N4O3S2/c1-3-8-19-14(17-18-15(19)23-9-13(16)20)10-24(21,22)12-6-4-11(2)5-7-12/h3-7H,1,8-10H2,2H3,(H2,16,20). The molecule has 0 radical (unpaired) electrons. The molecule has 1 aromatic heterocycles. The van der Waals surface area contributed by atoms with E-state index in [4.69, 9.17) is 5.73 Å². The molecule has 0 atom stereocenters. The van der Waals surface area contributed by atoms with Crippen LogP contribution in [-0.2, 0) is 26.9 Å². The largest absolute Gasteiger partial charge is 0.369 e. The van der Waals surface area contributed by atoms with E-state index in [2.05, 4.69) is 16.8 Å². The van der Waals surface area contributed by atoms with Crippen LogP contribution in [0, 0.1) is 6.92 Å². The summed E-state index contributed by atoms with van der Waals surface area (Å²) in [6.45, 7) is 5.88. The number of hydrogen-bond donors (Lipinski definition) is 1. The Balaban J connectivity index is 2.29. The monoisotopic (exact) mass is 366 g/mol. The summed E-state index contributed by atoms with van der Waals surface area (Å²) in [5.41, 5.74) is 6.11. The number of aromatic nitrogens is 3. The highest BCUT2D eigenvalue weighted by molar-refractivity contribution is 7.99. The molecule has 24 heavy (non-hydrogen) atoms. The third-order valence-electron chi connectivity index (χ3n) is 3.15. The number of amides is 1. The zero-order chi connectivity index (χ0) is 17.7. The van der Waals surface area contributed by atoms with E-state index in [0.717, 1.165) is 17.3 Å². The van der Waals surface area contributed by atoms with Crippen LogP contribution in [0.15, 0.2) is 47.0 Å². The first-order valence-corrected chi connectivity index (χ1v) is 9.71. The summed E-state index contributed by atoms with van der Waals surface area (Å²) in [6, 6.07) is 6.63. The molecule has 128 valence electrons. The van der Waals surface area contributed by atoms with Gasteiger partial charge in [-0.05, 0) is 19.1 Å². The first-order chi connectivity index (χ1) is 11.3. The van der Waals surface area contributed by atoms with Crippen molar-refractivity contribution >= 4 is 27.5 Å². The van der Waals surface area contributed by atoms with E-state index in [-0.39, 0.29) is 16.4 Å². The fourth-order valence-electron chi connectivity index (χ4n) is 1.98. The predicted molar refractivity (Wildman–Crippen MR) is 92.2 cm³/mol. The van der Waals surface area contributed by atoms with Crippen LogP contribution in [0.2, 0.25) is 0 Å². The molecule has 7 nitrogen and oxygen atoms in total. The van der Waals surface area contributed by atoms with E-state index in [0.29, 0.717) is 17.5 Å². The van der Waals surface area contributed by atoms with E-state index >= 15 is 0 Å². The lowest BCUT2D eigenvalue weighted by atomic mass is 10.2. The van der Waals surface area contributed by atoms with E-state index in [1.54, 1.807) is 34.9 Å². The molecule has 1 heterocycles. The number of sulfone groups is 1. The van der Waals surface area contributed by atoms with Gasteiger partial charge in [0.1, 0.15) is 11.6 Å². The van der Waals surface area contributed by atoms with Gasteiger partial charge in [0.25, 0.3) is 0 Å². The summed E-state index contributed by atoms with van der Waals surface area (Å²) in [7, 11) is -3.55. The number of allylic oxidation sites excluding steroid dienone is 1. The molecule has 0 spiro atoms. The molecule has 0 saturated heterocycles. The highest BCUT2D eigenvalue weighted by atomic mass is 32.2. The summed E-state index contributed by atoms with van der Waals surface area (Å²) in [5.74, 6) is -0.432. The molecule has 0 bridgehead atoms. The second-order valence-corrected chi connectivity index (χ2v) is 8.06. The Bertz CT molecular complexity index is 842. The average molecular weight is 366 g/mol. The van der Waals surface area contributed by atoms with Crippen molar-refractivity contribution in [2.45, 2.75) is 29.3 Å². The van der Waals surface area contributed by atoms with Gasteiger partial charge in [-0.25, -0.2) is 8.42 Å². The fourth-order valence-corrected chi connectivity index (χ4v) is 3.96. The molecule has 0 unspecified atom stereocenters. The van der Waals surface area contributed by atoms with Crippen molar-refractivity contribution in [3.05, 3.63) is 48.3 Å². The number of rotatable bonds is 8. The van der Waals surface area contributed by atoms with Gasteiger partial charge >= 0.3 is 0 Å². The van der Waals surface area contributed by atoms with Crippen LogP contribution in [0.4, 0.5) is 0 Å². The summed E-state index contributed by atoms with van der Waals surface area (Å²) in [6.07, 6.45) is 1.61. The van der Waals surface area contributed by atoms with Gasteiger partial charge in [0.2, 0.25) is 5.91 Å². The Labute approximate surface area is 144 Å². The predicted octanol–water partition coefficient (Wildman–Crippen LogP) is 1.32. The Hall–Kier alpha value is -2.13. The summed E-state index contributed by atoms with van der Waals surface area (Å²) in [4.78, 5) is 11.1. The average Bonchev–Trinajstić information content (AvgIpc) is 2.87. The van der Waals surface area contributed by atoms with Crippen LogP contribution in [0.25, 0.3) is 0 Å². The van der Waals surface area contributed by atoms with Crippen LogP contribution in [0.5, 0.6) is 0 Å². The van der Waals surface area contributed by atoms with Crippen molar-refractivity contribution in [2.75, 3.05) is 5.75 Å². The van der Waals surface area contributed by atoms with Crippen molar-refractivity contribution in [3.63, 3.8) is 0 Å². The quantitative estimate of drug-likeness (QED) is 0.558. The highest BCUT2D eigenvalue weighted by Gasteiger charge is 2.21. The molecule has 2 aromatic rings. The second-order valence-electron chi connectivity index (χ2n) is 5.13. The Morgan fingerprint density at radius 1 is 1.33 bits per heavy atom. The topological polar surface area (TPSA) is 108 Å². The number of aryl methyl sites for hydroxylation is 1. The van der Waals surface area contributed by atoms with E-state index in [1.807, 2.05) is 6.92 Å². The molecule has 0 aliphatic carbocycles. The normalized spacial score (nSPS) is 11.4. The van der Waals surface area contributed by atoms with Crippen molar-refractivity contribution in [2.24, 2.45) is 5.73 Å². The molecular formula is C15H18N4O3S2. The fraction of sp³-hybridized carbons (Fsp3) is 0.267. The number of hydrogen-bond acceptors (Lipinski definition) is 6. The van der Waals surface area contributed by atoms with E-state index < -0.39 is 15.7 Å². The molecule has 0 fully saturated rings. The van der Waals surface area contributed by atoms with Crippen LogP contribution in [0.3, 0.4) is 0 Å². The van der Waals surface area contributed by atoms with Gasteiger partial charge in [-0.2, -0.15) is 0 Å². The minimum Gasteiger partial charge on any atom is -0.369 e. The van der Waals surface area contributed by atoms with Gasteiger partial charge in [0.05, 0.1) is 10.6 Å². The smallest absolute Gasteiger partial charge is 0.227 e. The number of benzene rings is 1. The number of carbonyl (C=O) groups excluding carboxylic acids is 1. The summed E-state index contributed by atoms with van der Waals surface area (Å²) < 4.78 is 26.7. The molecule has 0 saturated carbocycles. The number of nitrogens with zero attached hydrogens (tertiary/aromatic N) is 3. The molecule has 2 N–H and O–H groups in total. The van der Waals surface area contributed by atoms with Crippen molar-refractivity contribution in [1.82, 2.24) is 14.8 Å². The molecule has 9 heteroatoms. The Kier molecular flexibility index (Phi) is 5.79. The maximum absolute atomic E-state index is 12.6. The third kappa shape index (κ3) is 4.45. The van der Waals surface area contributed by atoms with Crippen LogP contribution in [-0.4, -0.2) is 34.8 Å².